The highest BCUT2D eigenvalue weighted by molar-refractivity contribution is 5.97. The van der Waals surface area contributed by atoms with Crippen LogP contribution in [0.25, 0.3) is 0 Å². The van der Waals surface area contributed by atoms with Crippen molar-refractivity contribution in [2.24, 2.45) is 11.7 Å². The molecule has 1 aliphatic rings. The van der Waals surface area contributed by atoms with Crippen LogP contribution in [0.1, 0.15) is 20.3 Å². The zero-order valence-corrected chi connectivity index (χ0v) is 11.8. The summed E-state index contributed by atoms with van der Waals surface area (Å²) in [6.45, 7) is 3.88. The monoisotopic (exact) mass is 295 g/mol. The number of hydrogen-bond donors (Lipinski definition) is 2. The van der Waals surface area contributed by atoms with E-state index in [1.54, 1.807) is 0 Å². The first-order chi connectivity index (χ1) is 9.88. The van der Waals surface area contributed by atoms with Crippen LogP contribution in [0.4, 0.5) is 11.4 Å². The summed E-state index contributed by atoms with van der Waals surface area (Å²) in [5.41, 5.74) is 5.56. The zero-order chi connectivity index (χ0) is 15.6. The molecule has 0 bridgehead atoms. The molecule has 0 aliphatic carbocycles. The van der Waals surface area contributed by atoms with Crippen LogP contribution in [0.15, 0.2) is 12.1 Å². The molecule has 1 amide bonds. The van der Waals surface area contributed by atoms with Gasteiger partial charge in [0.2, 0.25) is 12.7 Å². The average Bonchev–Trinajstić information content (AvgIpc) is 2.83. The van der Waals surface area contributed by atoms with Gasteiger partial charge in [-0.2, -0.15) is 0 Å². The Kier molecular flexibility index (Phi) is 4.27. The Bertz CT molecular complexity index is 573. The molecule has 1 unspecified atom stereocenters. The standard InChI is InChI=1S/C13H17N3O5/c1-7(2)3-8(14)13(17)15-9-4-11-12(21-6-20-11)5-10(9)16(18)19/h4-5,7-8H,3,6,14H2,1-2H3,(H,15,17). The lowest BCUT2D eigenvalue weighted by atomic mass is 10.0. The maximum atomic E-state index is 12.0. The summed E-state index contributed by atoms with van der Waals surface area (Å²) in [7, 11) is 0. The van der Waals surface area contributed by atoms with Crippen LogP contribution in [0.3, 0.4) is 0 Å². The van der Waals surface area contributed by atoms with Crippen molar-refractivity contribution >= 4 is 17.3 Å². The molecule has 0 saturated carbocycles. The highest BCUT2D eigenvalue weighted by atomic mass is 16.7. The summed E-state index contributed by atoms with van der Waals surface area (Å²) < 4.78 is 10.2. The molecule has 1 aromatic carbocycles. The molecular weight excluding hydrogens is 278 g/mol. The summed E-state index contributed by atoms with van der Waals surface area (Å²) >= 11 is 0. The number of hydrogen-bond acceptors (Lipinski definition) is 6. The van der Waals surface area contributed by atoms with E-state index in [1.165, 1.54) is 12.1 Å². The van der Waals surface area contributed by atoms with Gasteiger partial charge in [0.25, 0.3) is 5.69 Å². The number of nitrogens with one attached hydrogen (secondary N) is 1. The number of ether oxygens (including phenoxy) is 2. The van der Waals surface area contributed by atoms with Crippen LogP contribution in [0.2, 0.25) is 0 Å². The van der Waals surface area contributed by atoms with Crippen LogP contribution >= 0.6 is 0 Å². The van der Waals surface area contributed by atoms with E-state index in [0.717, 1.165) is 0 Å². The SMILES string of the molecule is CC(C)CC(N)C(=O)Nc1cc2c(cc1[N+](=O)[O-])OCO2. The second-order valence-electron chi connectivity index (χ2n) is 5.21. The lowest BCUT2D eigenvalue weighted by Gasteiger charge is -2.14. The maximum Gasteiger partial charge on any atom is 0.296 e. The minimum absolute atomic E-state index is 0.00322. The summed E-state index contributed by atoms with van der Waals surface area (Å²) in [4.78, 5) is 22.5. The van der Waals surface area contributed by atoms with E-state index in [2.05, 4.69) is 5.32 Å². The Morgan fingerprint density at radius 3 is 2.62 bits per heavy atom. The van der Waals surface area contributed by atoms with Gasteiger partial charge >= 0.3 is 0 Å². The third kappa shape index (κ3) is 3.40. The van der Waals surface area contributed by atoms with Gasteiger partial charge < -0.3 is 20.5 Å². The second kappa shape index (κ2) is 5.96. The van der Waals surface area contributed by atoms with Gasteiger partial charge in [-0.05, 0) is 12.3 Å². The molecule has 2 rings (SSSR count). The van der Waals surface area contributed by atoms with E-state index in [0.29, 0.717) is 12.2 Å². The lowest BCUT2D eigenvalue weighted by molar-refractivity contribution is -0.384. The highest BCUT2D eigenvalue weighted by Crippen LogP contribution is 2.40. The van der Waals surface area contributed by atoms with Crippen molar-refractivity contribution in [3.05, 3.63) is 22.2 Å². The number of carbonyl (C=O) groups is 1. The Balaban J connectivity index is 2.23. The molecule has 21 heavy (non-hydrogen) atoms. The lowest BCUT2D eigenvalue weighted by Crippen LogP contribution is -2.36. The molecular formula is C13H17N3O5. The Morgan fingerprint density at radius 1 is 1.43 bits per heavy atom. The number of nitrogens with zero attached hydrogens (tertiary/aromatic N) is 1. The van der Waals surface area contributed by atoms with Gasteiger partial charge in [0.1, 0.15) is 5.69 Å². The third-order valence-electron chi connectivity index (χ3n) is 3.01. The number of amides is 1. The molecule has 0 aromatic heterocycles. The number of nitro groups is 1. The maximum absolute atomic E-state index is 12.0. The molecule has 1 heterocycles. The summed E-state index contributed by atoms with van der Waals surface area (Å²) in [6, 6.07) is 1.88. The van der Waals surface area contributed by atoms with Gasteiger partial charge in [-0.3, -0.25) is 14.9 Å². The largest absolute Gasteiger partial charge is 0.454 e. The fraction of sp³-hybridized carbons (Fsp3) is 0.462. The Hall–Kier alpha value is -2.35. The fourth-order valence-electron chi connectivity index (χ4n) is 2.02. The molecule has 0 saturated heterocycles. The number of fused-ring (bicyclic) bond motifs is 1. The fourth-order valence-corrected chi connectivity index (χ4v) is 2.02. The molecule has 0 fully saturated rings. The molecule has 0 spiro atoms. The van der Waals surface area contributed by atoms with Gasteiger partial charge in [0, 0.05) is 6.07 Å². The summed E-state index contributed by atoms with van der Waals surface area (Å²) in [5.74, 6) is 0.419. The van der Waals surface area contributed by atoms with Crippen molar-refractivity contribution in [1.82, 2.24) is 0 Å². The normalized spacial score (nSPS) is 14.1. The van der Waals surface area contributed by atoms with Crippen molar-refractivity contribution in [2.75, 3.05) is 12.1 Å². The molecule has 3 N–H and O–H groups in total. The molecule has 8 nitrogen and oxygen atoms in total. The van der Waals surface area contributed by atoms with Crippen molar-refractivity contribution in [3.63, 3.8) is 0 Å². The van der Waals surface area contributed by atoms with Crippen molar-refractivity contribution in [2.45, 2.75) is 26.3 Å². The third-order valence-corrected chi connectivity index (χ3v) is 3.01. The van der Waals surface area contributed by atoms with Crippen LogP contribution in [0.5, 0.6) is 11.5 Å². The first-order valence-electron chi connectivity index (χ1n) is 6.53. The van der Waals surface area contributed by atoms with Crippen molar-refractivity contribution in [3.8, 4) is 11.5 Å². The molecule has 0 radical (unpaired) electrons. The number of nitrogens with two attached hydrogens (primary N) is 1. The Labute approximate surface area is 121 Å². The average molecular weight is 295 g/mol. The second-order valence-corrected chi connectivity index (χ2v) is 5.21. The minimum Gasteiger partial charge on any atom is -0.454 e. The molecule has 1 atom stereocenters. The molecule has 114 valence electrons. The predicted octanol–water partition coefficient (Wildman–Crippen LogP) is 1.64. The van der Waals surface area contributed by atoms with E-state index >= 15 is 0 Å². The van der Waals surface area contributed by atoms with E-state index in [4.69, 9.17) is 15.2 Å². The zero-order valence-electron chi connectivity index (χ0n) is 11.8. The predicted molar refractivity (Wildman–Crippen MR) is 75.3 cm³/mol. The molecule has 8 heteroatoms. The number of rotatable bonds is 5. The number of carbonyl (C=O) groups excluding carboxylic acids is 1. The number of nitro benzene ring substituents is 1. The van der Waals surface area contributed by atoms with Gasteiger partial charge in [0.15, 0.2) is 11.5 Å². The van der Waals surface area contributed by atoms with Gasteiger partial charge in [-0.25, -0.2) is 0 Å². The van der Waals surface area contributed by atoms with Crippen LogP contribution in [-0.4, -0.2) is 23.7 Å². The smallest absolute Gasteiger partial charge is 0.296 e. The first kappa shape index (κ1) is 15.0. The number of anilines is 1. The van der Waals surface area contributed by atoms with Crippen LogP contribution in [-0.2, 0) is 4.79 Å². The van der Waals surface area contributed by atoms with E-state index in [9.17, 15) is 14.9 Å². The van der Waals surface area contributed by atoms with Crippen molar-refractivity contribution < 1.29 is 19.2 Å². The highest BCUT2D eigenvalue weighted by Gasteiger charge is 2.25. The molecule has 1 aliphatic heterocycles. The topological polar surface area (TPSA) is 117 Å². The number of benzene rings is 1. The van der Waals surface area contributed by atoms with E-state index in [-0.39, 0.29) is 29.8 Å². The van der Waals surface area contributed by atoms with Crippen molar-refractivity contribution in [1.29, 1.82) is 0 Å². The molecule has 1 aromatic rings. The summed E-state index contributed by atoms with van der Waals surface area (Å²) in [5, 5.41) is 13.6. The quantitative estimate of drug-likeness (QED) is 0.630. The van der Waals surface area contributed by atoms with Crippen LogP contribution < -0.4 is 20.5 Å². The Morgan fingerprint density at radius 2 is 2.05 bits per heavy atom. The van der Waals surface area contributed by atoms with E-state index < -0.39 is 16.9 Å². The summed E-state index contributed by atoms with van der Waals surface area (Å²) in [6.07, 6.45) is 0.490. The minimum atomic E-state index is -0.727. The van der Waals surface area contributed by atoms with Gasteiger partial charge in [-0.1, -0.05) is 13.8 Å². The van der Waals surface area contributed by atoms with Gasteiger partial charge in [-0.15, -0.1) is 0 Å². The van der Waals surface area contributed by atoms with Crippen LogP contribution in [0, 0.1) is 16.0 Å². The first-order valence-corrected chi connectivity index (χ1v) is 6.53. The van der Waals surface area contributed by atoms with Gasteiger partial charge in [0.05, 0.1) is 17.0 Å². The van der Waals surface area contributed by atoms with E-state index in [1.807, 2.05) is 13.8 Å².